The monoisotopic (exact) mass is 557 g/mol. The first-order valence-electron chi connectivity index (χ1n) is 13.0. The standard InChI is InChI=1S/C27H40ClNO7S/c1-6-17-24(33)15(2)8-7-9-27(5)21(36-27)11-19(18(28)10-16-14-37-22(13-30)29-16)35-23(32)12-20(31)26(3,4)25(17)34/h10,14-15,17,19-21,24,30-31,33H,6-9,11-13H2,1-5H3. The third-order valence-electron chi connectivity index (χ3n) is 7.97. The second-order valence-corrected chi connectivity index (χ2v) is 12.5. The summed E-state index contributed by atoms with van der Waals surface area (Å²) in [7, 11) is 0. The van der Waals surface area contributed by atoms with E-state index in [1.54, 1.807) is 25.3 Å². The molecule has 0 bridgehead atoms. The number of ether oxygens (including phenoxy) is 2. The van der Waals surface area contributed by atoms with Gasteiger partial charge in [-0.2, -0.15) is 0 Å². The Balaban J connectivity index is 1.87. The lowest BCUT2D eigenvalue weighted by atomic mass is 9.71. The Hall–Kier alpha value is -1.36. The minimum atomic E-state index is -1.30. The molecule has 3 N–H and O–H groups in total. The second kappa shape index (κ2) is 12.2. The van der Waals surface area contributed by atoms with Crippen molar-refractivity contribution >= 4 is 40.8 Å². The van der Waals surface area contributed by atoms with Crippen molar-refractivity contribution in [2.45, 2.75) is 110 Å². The molecule has 7 atom stereocenters. The van der Waals surface area contributed by atoms with Crippen LogP contribution in [0.25, 0.3) is 6.08 Å². The van der Waals surface area contributed by atoms with E-state index in [1.807, 2.05) is 20.8 Å². The average molecular weight is 558 g/mol. The van der Waals surface area contributed by atoms with Gasteiger partial charge in [-0.15, -0.1) is 11.3 Å². The van der Waals surface area contributed by atoms with E-state index in [1.165, 1.54) is 11.3 Å². The summed E-state index contributed by atoms with van der Waals surface area (Å²) in [4.78, 5) is 30.7. The molecule has 2 aliphatic rings. The van der Waals surface area contributed by atoms with Gasteiger partial charge < -0.3 is 24.8 Å². The maximum absolute atomic E-state index is 13.4. The van der Waals surface area contributed by atoms with Crippen LogP contribution < -0.4 is 0 Å². The number of Topliss-reactive ketones (excluding diaryl/α,β-unsaturated/α-hetero) is 1. The zero-order chi connectivity index (χ0) is 27.5. The van der Waals surface area contributed by atoms with Gasteiger partial charge in [0.1, 0.15) is 16.9 Å². The lowest BCUT2D eigenvalue weighted by molar-refractivity contribution is -0.154. The number of epoxide rings is 1. The molecule has 208 valence electrons. The summed E-state index contributed by atoms with van der Waals surface area (Å²) in [5, 5.41) is 33.8. The molecule has 0 spiro atoms. The number of aromatic nitrogens is 1. The molecule has 1 aromatic heterocycles. The summed E-state index contributed by atoms with van der Waals surface area (Å²) >= 11 is 7.91. The summed E-state index contributed by atoms with van der Waals surface area (Å²) in [6.45, 7) is 8.83. The topological polar surface area (TPSA) is 129 Å². The number of esters is 1. The van der Waals surface area contributed by atoms with Crippen LogP contribution in [-0.2, 0) is 25.7 Å². The number of aliphatic hydroxyl groups is 3. The maximum Gasteiger partial charge on any atom is 0.309 e. The van der Waals surface area contributed by atoms with E-state index in [0.717, 1.165) is 19.3 Å². The highest BCUT2D eigenvalue weighted by atomic mass is 35.5. The fraction of sp³-hybridized carbons (Fsp3) is 0.741. The molecular weight excluding hydrogens is 518 g/mol. The largest absolute Gasteiger partial charge is 0.456 e. The van der Waals surface area contributed by atoms with Gasteiger partial charge in [-0.3, -0.25) is 9.59 Å². The van der Waals surface area contributed by atoms with Crippen LogP contribution in [0.5, 0.6) is 0 Å². The number of rotatable bonds is 4. The van der Waals surface area contributed by atoms with Crippen molar-refractivity contribution in [1.82, 2.24) is 4.98 Å². The SMILES string of the molecule is CCC1C(=O)C(C)(C)C(O)CC(=O)OC(C(Cl)=Cc2csc(CO)n2)CC2OC2(C)CCCC(C)C1O. The second-order valence-electron chi connectivity index (χ2n) is 11.2. The van der Waals surface area contributed by atoms with Crippen molar-refractivity contribution in [3.05, 3.63) is 21.1 Å². The number of nitrogens with zero attached hydrogens (tertiary/aromatic N) is 1. The summed E-state index contributed by atoms with van der Waals surface area (Å²) in [6.07, 6.45) is 1.16. The highest BCUT2D eigenvalue weighted by Crippen LogP contribution is 2.45. The van der Waals surface area contributed by atoms with E-state index in [4.69, 9.17) is 21.1 Å². The van der Waals surface area contributed by atoms with Crippen LogP contribution in [0.4, 0.5) is 0 Å². The van der Waals surface area contributed by atoms with Crippen molar-refractivity contribution in [2.24, 2.45) is 17.3 Å². The van der Waals surface area contributed by atoms with Gasteiger partial charge in [-0.25, -0.2) is 4.98 Å². The van der Waals surface area contributed by atoms with Crippen molar-refractivity contribution in [1.29, 1.82) is 0 Å². The molecule has 2 fully saturated rings. The summed E-state index contributed by atoms with van der Waals surface area (Å²) in [5.41, 5.74) is -1.10. The number of halogens is 1. The Kier molecular flexibility index (Phi) is 9.97. The van der Waals surface area contributed by atoms with Gasteiger partial charge in [0.25, 0.3) is 0 Å². The van der Waals surface area contributed by atoms with Gasteiger partial charge in [-0.1, -0.05) is 45.7 Å². The molecule has 8 nitrogen and oxygen atoms in total. The Bertz CT molecular complexity index is 995. The molecule has 37 heavy (non-hydrogen) atoms. The number of ketones is 1. The number of thiazole rings is 1. The van der Waals surface area contributed by atoms with Crippen LogP contribution in [-0.4, -0.2) is 62.1 Å². The van der Waals surface area contributed by atoms with Gasteiger partial charge in [0.2, 0.25) is 0 Å². The average Bonchev–Trinajstić information content (AvgIpc) is 3.24. The highest BCUT2D eigenvalue weighted by molar-refractivity contribution is 7.09. The van der Waals surface area contributed by atoms with Crippen LogP contribution in [0.2, 0.25) is 0 Å². The molecule has 2 aliphatic heterocycles. The minimum absolute atomic E-state index is 0.104. The number of fused-ring (bicyclic) bond motifs is 1. The molecule has 1 aromatic rings. The zero-order valence-corrected chi connectivity index (χ0v) is 23.8. The van der Waals surface area contributed by atoms with Gasteiger partial charge in [0, 0.05) is 17.7 Å². The lowest BCUT2D eigenvalue weighted by Gasteiger charge is -2.35. The first-order chi connectivity index (χ1) is 17.3. The fourth-order valence-corrected chi connectivity index (χ4v) is 5.96. The number of carbonyl (C=O) groups is 2. The molecule has 0 saturated carbocycles. The van der Waals surface area contributed by atoms with Gasteiger partial charge in [0.05, 0.1) is 53.1 Å². The third kappa shape index (κ3) is 7.19. The van der Waals surface area contributed by atoms with Gasteiger partial charge in [-0.05, 0) is 38.2 Å². The predicted molar refractivity (Wildman–Crippen MR) is 142 cm³/mol. The van der Waals surface area contributed by atoms with E-state index in [0.29, 0.717) is 23.5 Å². The van der Waals surface area contributed by atoms with E-state index in [-0.39, 0.29) is 29.4 Å². The first-order valence-corrected chi connectivity index (χ1v) is 14.3. The summed E-state index contributed by atoms with van der Waals surface area (Å²) in [5.74, 6) is -1.70. The molecule has 0 aromatic carbocycles. The molecule has 7 unspecified atom stereocenters. The number of cyclic esters (lactones) is 1. The molecule has 10 heteroatoms. The van der Waals surface area contributed by atoms with Crippen LogP contribution in [0.1, 0.15) is 83.8 Å². The van der Waals surface area contributed by atoms with E-state index in [2.05, 4.69) is 4.98 Å². The molecule has 0 radical (unpaired) electrons. The smallest absolute Gasteiger partial charge is 0.309 e. The van der Waals surface area contributed by atoms with Crippen molar-refractivity contribution in [3.8, 4) is 0 Å². The quantitative estimate of drug-likeness (QED) is 0.370. The van der Waals surface area contributed by atoms with Gasteiger partial charge >= 0.3 is 5.97 Å². The molecule has 3 rings (SSSR count). The third-order valence-corrected chi connectivity index (χ3v) is 9.17. The zero-order valence-electron chi connectivity index (χ0n) is 22.3. The Morgan fingerprint density at radius 2 is 2.00 bits per heavy atom. The van der Waals surface area contributed by atoms with E-state index >= 15 is 0 Å². The Morgan fingerprint density at radius 3 is 2.62 bits per heavy atom. The van der Waals surface area contributed by atoms with Crippen LogP contribution in [0.15, 0.2) is 10.4 Å². The summed E-state index contributed by atoms with van der Waals surface area (Å²) < 4.78 is 11.7. The molecular formula is C27H40ClNO7S. The van der Waals surface area contributed by atoms with Crippen LogP contribution in [0, 0.1) is 17.3 Å². The Morgan fingerprint density at radius 1 is 1.30 bits per heavy atom. The number of carbonyl (C=O) groups excluding carboxylic acids is 2. The Labute approximate surface area is 228 Å². The normalized spacial score (nSPS) is 36.1. The number of hydrogen-bond acceptors (Lipinski definition) is 9. The van der Waals surface area contributed by atoms with Crippen molar-refractivity contribution in [2.75, 3.05) is 0 Å². The molecule has 0 aliphatic carbocycles. The van der Waals surface area contributed by atoms with Crippen molar-refractivity contribution in [3.63, 3.8) is 0 Å². The lowest BCUT2D eigenvalue weighted by Crippen LogP contribution is -2.46. The summed E-state index contributed by atoms with van der Waals surface area (Å²) in [6, 6.07) is 0. The first kappa shape index (κ1) is 30.2. The molecule has 2 saturated heterocycles. The molecule has 3 heterocycles. The fourth-order valence-electron chi connectivity index (χ4n) is 5.10. The van der Waals surface area contributed by atoms with Crippen molar-refractivity contribution < 1.29 is 34.4 Å². The maximum atomic E-state index is 13.4. The number of hydrogen-bond donors (Lipinski definition) is 3. The minimum Gasteiger partial charge on any atom is -0.456 e. The van der Waals surface area contributed by atoms with E-state index < -0.39 is 47.6 Å². The highest BCUT2D eigenvalue weighted by Gasteiger charge is 2.53. The van der Waals surface area contributed by atoms with E-state index in [9.17, 15) is 24.9 Å². The van der Waals surface area contributed by atoms with Crippen LogP contribution >= 0.6 is 22.9 Å². The predicted octanol–water partition coefficient (Wildman–Crippen LogP) is 4.23. The van der Waals surface area contributed by atoms with Crippen LogP contribution in [0.3, 0.4) is 0 Å². The molecule has 0 amide bonds. The number of aliphatic hydroxyl groups excluding tert-OH is 3. The van der Waals surface area contributed by atoms with Gasteiger partial charge in [0.15, 0.2) is 0 Å².